The molecule has 0 spiro atoms. The first kappa shape index (κ1) is 25.4. The highest BCUT2D eigenvalue weighted by Gasteiger charge is 2.34. The van der Waals surface area contributed by atoms with Crippen LogP contribution >= 0.6 is 0 Å². The van der Waals surface area contributed by atoms with Crippen molar-refractivity contribution in [1.82, 2.24) is 14.5 Å². The van der Waals surface area contributed by atoms with Gasteiger partial charge in [0.05, 0.1) is 11.2 Å². The van der Waals surface area contributed by atoms with Gasteiger partial charge in [0.25, 0.3) is 5.56 Å². The zero-order valence-corrected chi connectivity index (χ0v) is 20.0. The molecule has 3 heterocycles. The van der Waals surface area contributed by atoms with Crippen LogP contribution in [0.1, 0.15) is 31.5 Å². The quantitative estimate of drug-likeness (QED) is 0.483. The molecular weight excluding hydrogens is 478 g/mol. The fourth-order valence-electron chi connectivity index (χ4n) is 4.69. The number of hydrogen-bond donors (Lipinski definition) is 0. The summed E-state index contributed by atoms with van der Waals surface area (Å²) in [6.45, 7) is 5.23. The van der Waals surface area contributed by atoms with E-state index in [0.717, 1.165) is 18.6 Å². The minimum atomic E-state index is -4.89. The summed E-state index contributed by atoms with van der Waals surface area (Å²) >= 11 is 0. The second-order valence-electron chi connectivity index (χ2n) is 8.90. The summed E-state index contributed by atoms with van der Waals surface area (Å²) in [5.74, 6) is -1.37. The summed E-state index contributed by atoms with van der Waals surface area (Å²) in [5.41, 5.74) is 2.11. The Morgan fingerprint density at radius 1 is 1.19 bits per heavy atom. The molecular formula is C25H25F4N5O2. The lowest BCUT2D eigenvalue weighted by molar-refractivity contribution is -0.274. The number of ether oxygens (including phenoxy) is 1. The normalized spacial score (nSPS) is 18.9. The van der Waals surface area contributed by atoms with Gasteiger partial charge < -0.3 is 14.2 Å². The van der Waals surface area contributed by atoms with Crippen LogP contribution in [0.5, 0.6) is 5.75 Å². The van der Waals surface area contributed by atoms with E-state index in [0.29, 0.717) is 29.8 Å². The smallest absolute Gasteiger partial charge is 0.406 e. The van der Waals surface area contributed by atoms with Crippen molar-refractivity contribution < 1.29 is 22.3 Å². The zero-order valence-electron chi connectivity index (χ0n) is 20.0. The van der Waals surface area contributed by atoms with Gasteiger partial charge in [0.1, 0.15) is 28.8 Å². The highest BCUT2D eigenvalue weighted by Crippen LogP contribution is 2.31. The molecule has 1 aromatic carbocycles. The van der Waals surface area contributed by atoms with Crippen LogP contribution in [0.2, 0.25) is 0 Å². The monoisotopic (exact) mass is 503 g/mol. The van der Waals surface area contributed by atoms with E-state index >= 15 is 0 Å². The van der Waals surface area contributed by atoms with Crippen LogP contribution in [-0.4, -0.2) is 46.0 Å². The third kappa shape index (κ3) is 5.14. The Morgan fingerprint density at radius 3 is 2.58 bits per heavy atom. The lowest BCUT2D eigenvalue weighted by Gasteiger charge is -2.46. The first-order valence-corrected chi connectivity index (χ1v) is 11.5. The predicted molar refractivity (Wildman–Crippen MR) is 126 cm³/mol. The SMILES string of the molecule is CC[C@@H]1CN(c2cc(=O)n(C)c3ccc(C#N)nc23)[C@@H](C)CN1Cc1ccc(OC(F)(F)F)cc1F. The molecule has 11 heteroatoms. The van der Waals surface area contributed by atoms with Gasteiger partial charge in [-0.25, -0.2) is 9.37 Å². The molecule has 0 unspecified atom stereocenters. The second-order valence-corrected chi connectivity index (χ2v) is 8.90. The van der Waals surface area contributed by atoms with E-state index in [1.54, 1.807) is 19.2 Å². The van der Waals surface area contributed by atoms with Crippen molar-refractivity contribution in [3.8, 4) is 11.8 Å². The van der Waals surface area contributed by atoms with Gasteiger partial charge >= 0.3 is 6.36 Å². The number of piperazine rings is 1. The number of fused-ring (bicyclic) bond motifs is 1. The van der Waals surface area contributed by atoms with Gasteiger partial charge in [-0.2, -0.15) is 5.26 Å². The molecule has 1 saturated heterocycles. The first-order chi connectivity index (χ1) is 17.0. The number of benzene rings is 1. The summed E-state index contributed by atoms with van der Waals surface area (Å²) in [5, 5.41) is 9.33. The van der Waals surface area contributed by atoms with Crippen molar-refractivity contribution in [1.29, 1.82) is 5.26 Å². The van der Waals surface area contributed by atoms with E-state index in [2.05, 4.69) is 19.5 Å². The molecule has 0 saturated carbocycles. The van der Waals surface area contributed by atoms with Crippen LogP contribution in [-0.2, 0) is 13.6 Å². The Hall–Kier alpha value is -3.65. The van der Waals surface area contributed by atoms with Gasteiger partial charge in [-0.15, -0.1) is 13.2 Å². The number of aryl methyl sites for hydroxylation is 1. The molecule has 36 heavy (non-hydrogen) atoms. The molecule has 0 aliphatic carbocycles. The molecule has 7 nitrogen and oxygen atoms in total. The fraction of sp³-hybridized carbons (Fsp3) is 0.400. The molecule has 3 aromatic rings. The Bertz CT molecular complexity index is 1380. The number of aromatic nitrogens is 2. The second kappa shape index (κ2) is 9.78. The van der Waals surface area contributed by atoms with Gasteiger partial charge in [0.2, 0.25) is 0 Å². The Labute approximate surface area is 205 Å². The number of anilines is 1. The fourth-order valence-corrected chi connectivity index (χ4v) is 4.69. The molecule has 1 aliphatic rings. The molecule has 1 aliphatic heterocycles. The molecule has 0 bridgehead atoms. The van der Waals surface area contributed by atoms with Crippen molar-refractivity contribution in [2.45, 2.75) is 45.3 Å². The van der Waals surface area contributed by atoms with Gasteiger partial charge in [0.15, 0.2) is 0 Å². The van der Waals surface area contributed by atoms with Gasteiger partial charge in [-0.05, 0) is 31.5 Å². The molecule has 190 valence electrons. The number of alkyl halides is 3. The standard InChI is InChI=1S/C25H25F4N5O2/c1-4-18-14-34(22-10-23(35)32(3)21-8-6-17(11-30)31-24(21)22)15(2)12-33(18)13-16-5-7-19(9-20(16)26)36-25(27,28)29/h5-10,15,18H,4,12-14H2,1-3H3/t15-,18+/m0/s1. The lowest BCUT2D eigenvalue weighted by Crippen LogP contribution is -2.57. The molecule has 1 fully saturated rings. The largest absolute Gasteiger partial charge is 0.573 e. The molecule has 2 atom stereocenters. The Kier molecular flexibility index (Phi) is 6.91. The minimum Gasteiger partial charge on any atom is -0.406 e. The molecule has 2 aromatic heterocycles. The average molecular weight is 504 g/mol. The van der Waals surface area contributed by atoms with Crippen LogP contribution in [0, 0.1) is 17.1 Å². The van der Waals surface area contributed by atoms with Gasteiger partial charge in [0, 0.05) is 56.5 Å². The zero-order chi connectivity index (χ0) is 26.2. The number of rotatable bonds is 5. The van der Waals surface area contributed by atoms with Gasteiger partial charge in [-0.1, -0.05) is 13.0 Å². The lowest BCUT2D eigenvalue weighted by atomic mass is 10.0. The molecule has 0 N–H and O–H groups in total. The minimum absolute atomic E-state index is 0.0232. The number of nitrogens with zero attached hydrogens (tertiary/aromatic N) is 5. The third-order valence-corrected chi connectivity index (χ3v) is 6.55. The number of hydrogen-bond acceptors (Lipinski definition) is 6. The average Bonchev–Trinajstić information content (AvgIpc) is 2.82. The van der Waals surface area contributed by atoms with Crippen molar-refractivity contribution >= 4 is 16.7 Å². The van der Waals surface area contributed by atoms with E-state index in [1.165, 1.54) is 16.7 Å². The van der Waals surface area contributed by atoms with Crippen LogP contribution in [0.3, 0.4) is 0 Å². The van der Waals surface area contributed by atoms with E-state index in [9.17, 15) is 27.6 Å². The van der Waals surface area contributed by atoms with E-state index < -0.39 is 17.9 Å². The van der Waals surface area contributed by atoms with Crippen LogP contribution in [0.25, 0.3) is 11.0 Å². The maximum Gasteiger partial charge on any atom is 0.573 e. The Balaban J connectivity index is 1.62. The summed E-state index contributed by atoms with van der Waals surface area (Å²) < 4.78 is 57.3. The van der Waals surface area contributed by atoms with Crippen LogP contribution in [0.15, 0.2) is 41.2 Å². The van der Waals surface area contributed by atoms with Crippen molar-refractivity contribution in [2.75, 3.05) is 18.0 Å². The third-order valence-electron chi connectivity index (χ3n) is 6.55. The first-order valence-electron chi connectivity index (χ1n) is 11.5. The number of nitriles is 1. The topological polar surface area (TPSA) is 74.4 Å². The van der Waals surface area contributed by atoms with Crippen molar-refractivity contribution in [2.24, 2.45) is 7.05 Å². The summed E-state index contributed by atoms with van der Waals surface area (Å²) in [4.78, 5) is 21.3. The van der Waals surface area contributed by atoms with Crippen LogP contribution < -0.4 is 15.2 Å². The number of pyridine rings is 2. The van der Waals surface area contributed by atoms with E-state index in [-0.39, 0.29) is 35.4 Å². The molecule has 0 amide bonds. The molecule has 0 radical (unpaired) electrons. The van der Waals surface area contributed by atoms with E-state index in [4.69, 9.17) is 0 Å². The highest BCUT2D eigenvalue weighted by molar-refractivity contribution is 5.89. The summed E-state index contributed by atoms with van der Waals surface area (Å²) in [7, 11) is 1.65. The van der Waals surface area contributed by atoms with Crippen LogP contribution in [0.4, 0.5) is 23.2 Å². The molecule has 4 rings (SSSR count). The maximum absolute atomic E-state index is 14.6. The summed E-state index contributed by atoms with van der Waals surface area (Å²) in [6, 6.07) is 9.88. The van der Waals surface area contributed by atoms with Crippen molar-refractivity contribution in [3.63, 3.8) is 0 Å². The van der Waals surface area contributed by atoms with Crippen molar-refractivity contribution in [3.05, 3.63) is 63.8 Å². The highest BCUT2D eigenvalue weighted by atomic mass is 19.4. The van der Waals surface area contributed by atoms with Gasteiger partial charge in [-0.3, -0.25) is 9.69 Å². The summed E-state index contributed by atoms with van der Waals surface area (Å²) in [6.07, 6.45) is -4.17. The van der Waals surface area contributed by atoms with E-state index in [1.807, 2.05) is 19.9 Å². The maximum atomic E-state index is 14.6. The Morgan fingerprint density at radius 2 is 1.94 bits per heavy atom. The number of halogens is 4. The predicted octanol–water partition coefficient (Wildman–Crippen LogP) is 4.33.